The first-order valence-corrected chi connectivity index (χ1v) is 6.20. The highest BCUT2D eigenvalue weighted by atomic mass is 16.1. The molecule has 0 aliphatic carbocycles. The fraction of sp³-hybridized carbons (Fsp3) is 0.143. The summed E-state index contributed by atoms with van der Waals surface area (Å²) in [7, 11) is 0. The van der Waals surface area contributed by atoms with Crippen LogP contribution in [0.25, 0.3) is 22.1 Å². The van der Waals surface area contributed by atoms with Gasteiger partial charge in [0.25, 0.3) is 0 Å². The fourth-order valence-electron chi connectivity index (χ4n) is 2.28. The summed E-state index contributed by atoms with van der Waals surface area (Å²) in [5.41, 5.74) is 7.60. The van der Waals surface area contributed by atoms with E-state index in [1.54, 1.807) is 6.08 Å². The van der Waals surface area contributed by atoms with Gasteiger partial charge in [0.05, 0.1) is 11.9 Å². The Kier molecular flexibility index (Phi) is 2.90. The Balaban J connectivity index is 2.31. The van der Waals surface area contributed by atoms with Crippen LogP contribution in [0.1, 0.15) is 5.82 Å². The van der Waals surface area contributed by atoms with Gasteiger partial charge in [0.2, 0.25) is 5.91 Å². The lowest BCUT2D eigenvalue weighted by atomic mass is 10.2. The van der Waals surface area contributed by atoms with Gasteiger partial charge in [-0.25, -0.2) is 4.98 Å². The van der Waals surface area contributed by atoms with Crippen molar-refractivity contribution < 1.29 is 4.79 Å². The number of nitrogens with zero attached hydrogens (tertiary/aromatic N) is 4. The zero-order chi connectivity index (χ0) is 14.1. The second-order valence-electron chi connectivity index (χ2n) is 4.46. The van der Waals surface area contributed by atoms with Gasteiger partial charge in [0, 0.05) is 11.9 Å². The van der Waals surface area contributed by atoms with Crippen molar-refractivity contribution in [2.24, 2.45) is 5.73 Å². The minimum Gasteiger partial charge on any atom is -0.369 e. The monoisotopic (exact) mass is 267 g/mol. The lowest BCUT2D eigenvalue weighted by Crippen LogP contribution is -2.16. The maximum Gasteiger partial charge on any atom is 0.225 e. The normalized spacial score (nSPS) is 11.0. The zero-order valence-corrected chi connectivity index (χ0v) is 10.8. The predicted octanol–water partition coefficient (Wildman–Crippen LogP) is 1.19. The quantitative estimate of drug-likeness (QED) is 0.719. The molecule has 0 fully saturated rings. The molecule has 2 N–H and O–H groups in total. The molecule has 6 nitrogen and oxygen atoms in total. The summed E-state index contributed by atoms with van der Waals surface area (Å²) < 4.78 is 2.00. The molecule has 3 rings (SSSR count). The highest BCUT2D eigenvalue weighted by Gasteiger charge is 2.14. The largest absolute Gasteiger partial charge is 0.369 e. The molecule has 100 valence electrons. The standard InChI is InChI=1S/C14H13N5O/c1-2-7-19-10-6-4-3-5-9(10)13-14(19)16-12(17-18-13)8-11(15)20/h2-6H,1,7-8H2,(H2,15,20). The van der Waals surface area contributed by atoms with E-state index in [1.807, 2.05) is 28.8 Å². The number of hydrogen-bond acceptors (Lipinski definition) is 4. The molecule has 0 atom stereocenters. The Morgan fingerprint density at radius 2 is 2.15 bits per heavy atom. The number of hydrogen-bond donors (Lipinski definition) is 1. The van der Waals surface area contributed by atoms with Crippen LogP contribution >= 0.6 is 0 Å². The van der Waals surface area contributed by atoms with E-state index < -0.39 is 5.91 Å². The van der Waals surface area contributed by atoms with Gasteiger partial charge in [-0.3, -0.25) is 4.79 Å². The van der Waals surface area contributed by atoms with Crippen molar-refractivity contribution >= 4 is 28.0 Å². The lowest BCUT2D eigenvalue weighted by Gasteiger charge is -2.02. The van der Waals surface area contributed by atoms with Gasteiger partial charge in [-0.1, -0.05) is 24.3 Å². The van der Waals surface area contributed by atoms with Crippen molar-refractivity contribution in [3.63, 3.8) is 0 Å². The summed E-state index contributed by atoms with van der Waals surface area (Å²) in [6.07, 6.45) is 1.78. The van der Waals surface area contributed by atoms with Crippen molar-refractivity contribution in [1.29, 1.82) is 0 Å². The Bertz CT molecular complexity index is 821. The molecule has 20 heavy (non-hydrogen) atoms. The molecule has 0 unspecified atom stereocenters. The molecule has 0 bridgehead atoms. The first-order valence-electron chi connectivity index (χ1n) is 6.20. The highest BCUT2D eigenvalue weighted by molar-refractivity contribution is 6.04. The van der Waals surface area contributed by atoms with E-state index in [9.17, 15) is 4.79 Å². The van der Waals surface area contributed by atoms with Crippen LogP contribution in [0.4, 0.5) is 0 Å². The molecule has 1 aromatic carbocycles. The van der Waals surface area contributed by atoms with Crippen molar-refractivity contribution in [3.8, 4) is 0 Å². The molecule has 1 amide bonds. The van der Waals surface area contributed by atoms with Gasteiger partial charge in [-0.15, -0.1) is 16.8 Å². The zero-order valence-electron chi connectivity index (χ0n) is 10.8. The summed E-state index contributed by atoms with van der Waals surface area (Å²) >= 11 is 0. The van der Waals surface area contributed by atoms with Crippen molar-refractivity contribution in [2.45, 2.75) is 13.0 Å². The number of carbonyl (C=O) groups excluding carboxylic acids is 1. The van der Waals surface area contributed by atoms with E-state index >= 15 is 0 Å². The van der Waals surface area contributed by atoms with Crippen LogP contribution < -0.4 is 5.73 Å². The number of rotatable bonds is 4. The number of primary amides is 1. The molecular weight excluding hydrogens is 254 g/mol. The van der Waals surface area contributed by atoms with Gasteiger partial charge in [0.15, 0.2) is 11.5 Å². The van der Waals surface area contributed by atoms with Crippen molar-refractivity contribution in [1.82, 2.24) is 19.7 Å². The van der Waals surface area contributed by atoms with Gasteiger partial charge in [-0.05, 0) is 6.07 Å². The van der Waals surface area contributed by atoms with Crippen LogP contribution in [-0.4, -0.2) is 25.7 Å². The molecule has 0 aliphatic rings. The molecule has 2 heterocycles. The van der Waals surface area contributed by atoms with E-state index in [1.165, 1.54) is 0 Å². The highest BCUT2D eigenvalue weighted by Crippen LogP contribution is 2.25. The smallest absolute Gasteiger partial charge is 0.225 e. The van der Waals surface area contributed by atoms with Gasteiger partial charge < -0.3 is 10.3 Å². The Morgan fingerprint density at radius 3 is 2.90 bits per heavy atom. The third-order valence-electron chi connectivity index (χ3n) is 3.06. The van der Waals surface area contributed by atoms with E-state index in [0.717, 1.165) is 16.4 Å². The van der Waals surface area contributed by atoms with Crippen molar-refractivity contribution in [2.75, 3.05) is 0 Å². The van der Waals surface area contributed by atoms with Gasteiger partial charge in [0.1, 0.15) is 5.52 Å². The summed E-state index contributed by atoms with van der Waals surface area (Å²) in [4.78, 5) is 15.4. The van der Waals surface area contributed by atoms with Crippen LogP contribution in [0.3, 0.4) is 0 Å². The van der Waals surface area contributed by atoms with E-state index in [0.29, 0.717) is 18.0 Å². The number of allylic oxidation sites excluding steroid dienone is 1. The molecule has 3 aromatic rings. The minimum absolute atomic E-state index is 0.0153. The predicted molar refractivity (Wildman–Crippen MR) is 75.9 cm³/mol. The van der Waals surface area contributed by atoms with Crippen LogP contribution in [0.2, 0.25) is 0 Å². The molecule has 0 aliphatic heterocycles. The second kappa shape index (κ2) is 4.73. The van der Waals surface area contributed by atoms with Crippen LogP contribution in [-0.2, 0) is 17.8 Å². The summed E-state index contributed by atoms with van der Waals surface area (Å²) in [5.74, 6) is -0.143. The van der Waals surface area contributed by atoms with E-state index in [-0.39, 0.29) is 6.42 Å². The van der Waals surface area contributed by atoms with Gasteiger partial charge >= 0.3 is 0 Å². The molecule has 0 saturated heterocycles. The summed E-state index contributed by atoms with van der Waals surface area (Å²) in [6, 6.07) is 7.87. The Morgan fingerprint density at radius 1 is 1.35 bits per heavy atom. The number of aromatic nitrogens is 4. The maximum absolute atomic E-state index is 11.0. The van der Waals surface area contributed by atoms with Crippen molar-refractivity contribution in [3.05, 3.63) is 42.7 Å². The molecule has 0 spiro atoms. The number of para-hydroxylation sites is 1. The topological polar surface area (TPSA) is 86.7 Å². The molecule has 6 heteroatoms. The molecule has 0 saturated carbocycles. The van der Waals surface area contributed by atoms with E-state index in [2.05, 4.69) is 21.8 Å². The van der Waals surface area contributed by atoms with Gasteiger partial charge in [-0.2, -0.15) is 0 Å². The number of amides is 1. The molecule has 0 radical (unpaired) electrons. The number of nitrogens with two attached hydrogens (primary N) is 1. The molecule has 2 aromatic heterocycles. The third kappa shape index (κ3) is 1.91. The average Bonchev–Trinajstić information content (AvgIpc) is 2.73. The number of carbonyl (C=O) groups is 1. The second-order valence-corrected chi connectivity index (χ2v) is 4.46. The molecular formula is C14H13N5O. The number of benzene rings is 1. The summed E-state index contributed by atoms with van der Waals surface area (Å²) in [5, 5.41) is 9.14. The number of fused-ring (bicyclic) bond motifs is 3. The first-order chi connectivity index (χ1) is 9.70. The van der Waals surface area contributed by atoms with Crippen LogP contribution in [0, 0.1) is 0 Å². The lowest BCUT2D eigenvalue weighted by molar-refractivity contribution is -0.117. The Labute approximate surface area is 114 Å². The summed E-state index contributed by atoms with van der Waals surface area (Å²) in [6.45, 7) is 4.37. The minimum atomic E-state index is -0.475. The average molecular weight is 267 g/mol. The maximum atomic E-state index is 11.0. The SMILES string of the molecule is C=CCn1c2ccccc2c2nnc(CC(N)=O)nc21. The first kappa shape index (κ1) is 12.3. The van der Waals surface area contributed by atoms with E-state index in [4.69, 9.17) is 5.73 Å². The van der Waals surface area contributed by atoms with Crippen LogP contribution in [0.15, 0.2) is 36.9 Å². The third-order valence-corrected chi connectivity index (χ3v) is 3.06. The Hall–Kier alpha value is -2.76. The fourth-order valence-corrected chi connectivity index (χ4v) is 2.28. The van der Waals surface area contributed by atoms with Crippen LogP contribution in [0.5, 0.6) is 0 Å².